The second kappa shape index (κ2) is 6.77. The van der Waals surface area contributed by atoms with Crippen LogP contribution in [0.4, 0.5) is 11.5 Å². The molecule has 5 aromatic rings. The molecule has 0 saturated heterocycles. The summed E-state index contributed by atoms with van der Waals surface area (Å²) in [7, 11) is 0. The minimum atomic E-state index is 0.695. The molecule has 5 rings (SSSR count). The van der Waals surface area contributed by atoms with E-state index in [1.165, 1.54) is 5.56 Å². The van der Waals surface area contributed by atoms with Crippen LogP contribution >= 0.6 is 0 Å². The monoisotopic (exact) mass is 369 g/mol. The van der Waals surface area contributed by atoms with Crippen LogP contribution in [-0.4, -0.2) is 29.4 Å². The van der Waals surface area contributed by atoms with Crippen LogP contribution in [-0.2, 0) is 13.0 Å². The molecule has 0 unspecified atom stereocenters. The number of pyridine rings is 1. The Bertz CT molecular complexity index is 1250. The summed E-state index contributed by atoms with van der Waals surface area (Å²) in [6, 6.07) is 12.3. The summed E-state index contributed by atoms with van der Waals surface area (Å²) in [6.45, 7) is 2.83. The zero-order valence-electron chi connectivity index (χ0n) is 15.4. The van der Waals surface area contributed by atoms with E-state index in [1.54, 1.807) is 12.5 Å². The Morgan fingerprint density at radius 1 is 1.07 bits per heavy atom. The van der Waals surface area contributed by atoms with Gasteiger partial charge in [0, 0.05) is 29.7 Å². The number of aryl methyl sites for hydroxylation is 1. The summed E-state index contributed by atoms with van der Waals surface area (Å²) in [5.74, 6) is 0.805. The van der Waals surface area contributed by atoms with Gasteiger partial charge in [-0.3, -0.25) is 9.67 Å². The zero-order valence-corrected chi connectivity index (χ0v) is 15.4. The highest BCUT2D eigenvalue weighted by atomic mass is 15.3. The summed E-state index contributed by atoms with van der Waals surface area (Å²) in [5.41, 5.74) is 5.40. The molecule has 7 nitrogen and oxygen atoms in total. The Labute approximate surface area is 161 Å². The normalized spacial score (nSPS) is 11.3. The molecule has 28 heavy (non-hydrogen) atoms. The second-order valence-corrected chi connectivity index (χ2v) is 6.66. The van der Waals surface area contributed by atoms with Crippen LogP contribution < -0.4 is 5.32 Å². The molecule has 0 amide bonds. The van der Waals surface area contributed by atoms with Crippen LogP contribution in [0.3, 0.4) is 0 Å². The lowest BCUT2D eigenvalue weighted by Gasteiger charge is -2.09. The lowest BCUT2D eigenvalue weighted by atomic mass is 10.2. The van der Waals surface area contributed by atoms with E-state index in [0.29, 0.717) is 6.54 Å². The lowest BCUT2D eigenvalue weighted by molar-refractivity contribution is 0.710. The lowest BCUT2D eigenvalue weighted by Crippen LogP contribution is -2.02. The number of fused-ring (bicyclic) bond motifs is 2. The van der Waals surface area contributed by atoms with Crippen LogP contribution in [0.25, 0.3) is 16.4 Å². The van der Waals surface area contributed by atoms with E-state index in [-0.39, 0.29) is 0 Å². The first kappa shape index (κ1) is 16.4. The third kappa shape index (κ3) is 2.87. The summed E-state index contributed by atoms with van der Waals surface area (Å²) in [5, 5.41) is 13.3. The number of aromatic nitrogens is 6. The van der Waals surface area contributed by atoms with Crippen LogP contribution in [0.1, 0.15) is 18.1 Å². The van der Waals surface area contributed by atoms with Crippen LogP contribution in [0, 0.1) is 0 Å². The predicted octanol–water partition coefficient (Wildman–Crippen LogP) is 3.83. The van der Waals surface area contributed by atoms with Crippen molar-refractivity contribution in [1.82, 2.24) is 29.4 Å². The van der Waals surface area contributed by atoms with Gasteiger partial charge in [-0.15, -0.1) is 0 Å². The first-order valence-corrected chi connectivity index (χ1v) is 9.24. The number of rotatable bonds is 5. The number of hydrogen-bond donors (Lipinski definition) is 1. The van der Waals surface area contributed by atoms with Gasteiger partial charge in [-0.05, 0) is 47.9 Å². The molecule has 0 spiro atoms. The van der Waals surface area contributed by atoms with Crippen molar-refractivity contribution < 1.29 is 0 Å². The van der Waals surface area contributed by atoms with E-state index < -0.39 is 0 Å². The van der Waals surface area contributed by atoms with E-state index in [0.717, 1.165) is 39.9 Å². The SMILES string of the molecule is CCc1ccn2ncnc(Nc3ccc4c(cnn4Cc4cccnc4)c3)c12. The van der Waals surface area contributed by atoms with Gasteiger partial charge >= 0.3 is 0 Å². The molecule has 0 aliphatic heterocycles. The largest absolute Gasteiger partial charge is 0.338 e. The average Bonchev–Trinajstić information content (AvgIpc) is 3.33. The average molecular weight is 369 g/mol. The minimum Gasteiger partial charge on any atom is -0.338 e. The third-order valence-corrected chi connectivity index (χ3v) is 4.88. The van der Waals surface area contributed by atoms with E-state index in [2.05, 4.69) is 62.7 Å². The van der Waals surface area contributed by atoms with Crippen LogP contribution in [0.2, 0.25) is 0 Å². The Morgan fingerprint density at radius 2 is 2.04 bits per heavy atom. The van der Waals surface area contributed by atoms with Crippen molar-refractivity contribution in [1.29, 1.82) is 0 Å². The molecule has 7 heteroatoms. The number of benzene rings is 1. The minimum absolute atomic E-state index is 0.695. The molecule has 0 saturated carbocycles. The molecule has 0 aliphatic carbocycles. The van der Waals surface area contributed by atoms with Crippen molar-refractivity contribution in [2.45, 2.75) is 19.9 Å². The summed E-state index contributed by atoms with van der Waals surface area (Å²) in [6.07, 6.45) is 10.0. The Morgan fingerprint density at radius 3 is 2.89 bits per heavy atom. The summed E-state index contributed by atoms with van der Waals surface area (Å²) >= 11 is 0. The molecule has 1 aromatic carbocycles. The number of hydrogen-bond acceptors (Lipinski definition) is 5. The van der Waals surface area contributed by atoms with Gasteiger partial charge in [0.15, 0.2) is 5.82 Å². The van der Waals surface area contributed by atoms with Gasteiger partial charge in [-0.1, -0.05) is 13.0 Å². The predicted molar refractivity (Wildman–Crippen MR) is 109 cm³/mol. The molecular formula is C21H19N7. The molecule has 0 bridgehead atoms. The molecule has 138 valence electrons. The van der Waals surface area contributed by atoms with E-state index in [4.69, 9.17) is 0 Å². The van der Waals surface area contributed by atoms with Crippen molar-refractivity contribution in [3.8, 4) is 0 Å². The van der Waals surface area contributed by atoms with Crippen molar-refractivity contribution in [2.24, 2.45) is 0 Å². The topological polar surface area (TPSA) is 72.9 Å². The first-order valence-electron chi connectivity index (χ1n) is 9.24. The fraction of sp³-hybridized carbons (Fsp3) is 0.143. The number of nitrogens with one attached hydrogen (secondary N) is 1. The van der Waals surface area contributed by atoms with Gasteiger partial charge in [0.25, 0.3) is 0 Å². The second-order valence-electron chi connectivity index (χ2n) is 6.66. The van der Waals surface area contributed by atoms with Gasteiger partial charge in [0.05, 0.1) is 18.3 Å². The van der Waals surface area contributed by atoms with E-state index in [9.17, 15) is 0 Å². The molecule has 0 aliphatic rings. The van der Waals surface area contributed by atoms with Crippen LogP contribution in [0.5, 0.6) is 0 Å². The standard InChI is InChI=1S/C21H19N7/c1-2-16-7-9-27-20(16)21(23-14-25-27)26-18-5-6-19-17(10-18)12-24-28(19)13-15-4-3-8-22-11-15/h3-12,14H,2,13H2,1H3,(H,23,25,26). The highest BCUT2D eigenvalue weighted by molar-refractivity contribution is 5.85. The van der Waals surface area contributed by atoms with E-state index >= 15 is 0 Å². The molecule has 0 atom stereocenters. The Balaban J connectivity index is 1.47. The molecule has 4 heterocycles. The molecule has 0 radical (unpaired) electrons. The quantitative estimate of drug-likeness (QED) is 0.510. The first-order chi connectivity index (χ1) is 13.8. The highest BCUT2D eigenvalue weighted by Crippen LogP contribution is 2.26. The maximum absolute atomic E-state index is 4.54. The smallest absolute Gasteiger partial charge is 0.158 e. The van der Waals surface area contributed by atoms with Crippen molar-refractivity contribution in [3.05, 3.63) is 78.6 Å². The molecule has 0 fully saturated rings. The highest BCUT2D eigenvalue weighted by Gasteiger charge is 2.10. The zero-order chi connectivity index (χ0) is 18.9. The van der Waals surface area contributed by atoms with Gasteiger partial charge in [0.1, 0.15) is 11.8 Å². The Hall–Kier alpha value is -3.74. The van der Waals surface area contributed by atoms with Gasteiger partial charge < -0.3 is 5.32 Å². The number of anilines is 2. The maximum atomic E-state index is 4.54. The van der Waals surface area contributed by atoms with E-state index in [1.807, 2.05) is 33.9 Å². The fourth-order valence-electron chi connectivity index (χ4n) is 3.49. The van der Waals surface area contributed by atoms with Gasteiger partial charge in [-0.2, -0.15) is 10.2 Å². The van der Waals surface area contributed by atoms with Gasteiger partial charge in [0.2, 0.25) is 0 Å². The molecular weight excluding hydrogens is 350 g/mol. The molecule has 4 aromatic heterocycles. The van der Waals surface area contributed by atoms with Crippen molar-refractivity contribution >= 4 is 27.9 Å². The van der Waals surface area contributed by atoms with Crippen molar-refractivity contribution in [2.75, 3.05) is 5.32 Å². The maximum Gasteiger partial charge on any atom is 0.158 e. The third-order valence-electron chi connectivity index (χ3n) is 4.88. The Kier molecular flexibility index (Phi) is 3.97. The van der Waals surface area contributed by atoms with Crippen molar-refractivity contribution in [3.63, 3.8) is 0 Å². The summed E-state index contributed by atoms with van der Waals surface area (Å²) < 4.78 is 3.85. The van der Waals surface area contributed by atoms with Crippen LogP contribution in [0.15, 0.2) is 67.5 Å². The molecule has 1 N–H and O–H groups in total. The summed E-state index contributed by atoms with van der Waals surface area (Å²) in [4.78, 5) is 8.63. The fourth-order valence-corrected chi connectivity index (χ4v) is 3.49. The number of nitrogens with zero attached hydrogens (tertiary/aromatic N) is 6. The van der Waals surface area contributed by atoms with Gasteiger partial charge in [-0.25, -0.2) is 9.50 Å².